The molecule has 3 heteroatoms. The van der Waals surface area contributed by atoms with Gasteiger partial charge in [0.25, 0.3) is 0 Å². The van der Waals surface area contributed by atoms with Gasteiger partial charge in [0.1, 0.15) is 11.5 Å². The summed E-state index contributed by atoms with van der Waals surface area (Å²) in [6.07, 6.45) is 0.632. The van der Waals surface area contributed by atoms with E-state index in [1.54, 1.807) is 14.2 Å². The summed E-state index contributed by atoms with van der Waals surface area (Å²) in [5.41, 5.74) is 3.32. The fourth-order valence-electron chi connectivity index (χ4n) is 2.61. The summed E-state index contributed by atoms with van der Waals surface area (Å²) < 4.78 is 10.6. The van der Waals surface area contributed by atoms with Crippen LogP contribution in [0.15, 0.2) is 42.5 Å². The number of hydrogen-bond acceptors (Lipinski definition) is 3. The van der Waals surface area contributed by atoms with Gasteiger partial charge in [0.05, 0.1) is 26.2 Å². The molecule has 0 aliphatic carbocycles. The molecule has 23 heavy (non-hydrogen) atoms. The van der Waals surface area contributed by atoms with Gasteiger partial charge in [-0.1, -0.05) is 38.1 Å². The first-order chi connectivity index (χ1) is 11.1. The fourth-order valence-corrected chi connectivity index (χ4v) is 2.61. The monoisotopic (exact) mass is 309 g/mol. The summed E-state index contributed by atoms with van der Waals surface area (Å²) >= 11 is 0. The van der Waals surface area contributed by atoms with E-state index >= 15 is 0 Å². The van der Waals surface area contributed by atoms with Crippen LogP contribution in [0.2, 0.25) is 0 Å². The van der Waals surface area contributed by atoms with Gasteiger partial charge in [-0.25, -0.2) is 0 Å². The topological polar surface area (TPSA) is 42.2 Å². The lowest BCUT2D eigenvalue weighted by Gasteiger charge is -2.16. The molecule has 3 nitrogen and oxygen atoms in total. The highest BCUT2D eigenvalue weighted by molar-refractivity contribution is 5.41. The first kappa shape index (κ1) is 16.9. The third-order valence-electron chi connectivity index (χ3n) is 4.07. The van der Waals surface area contributed by atoms with Crippen molar-refractivity contribution < 1.29 is 9.47 Å². The van der Waals surface area contributed by atoms with Crippen LogP contribution in [0.4, 0.5) is 0 Å². The number of ether oxygens (including phenoxy) is 2. The highest BCUT2D eigenvalue weighted by Gasteiger charge is 2.16. The Morgan fingerprint density at radius 2 is 1.61 bits per heavy atom. The van der Waals surface area contributed by atoms with Crippen LogP contribution in [0, 0.1) is 11.3 Å². The van der Waals surface area contributed by atoms with Crippen molar-refractivity contribution in [1.29, 1.82) is 5.26 Å². The van der Waals surface area contributed by atoms with Gasteiger partial charge in [0.2, 0.25) is 0 Å². The average molecular weight is 309 g/mol. The first-order valence-electron chi connectivity index (χ1n) is 7.79. The van der Waals surface area contributed by atoms with E-state index < -0.39 is 0 Å². The van der Waals surface area contributed by atoms with E-state index in [4.69, 9.17) is 9.47 Å². The third-order valence-corrected chi connectivity index (χ3v) is 4.07. The van der Waals surface area contributed by atoms with Crippen molar-refractivity contribution in [3.8, 4) is 17.6 Å². The molecule has 0 fully saturated rings. The van der Waals surface area contributed by atoms with E-state index in [0.29, 0.717) is 12.3 Å². The zero-order valence-electron chi connectivity index (χ0n) is 14.2. The molecule has 0 saturated heterocycles. The van der Waals surface area contributed by atoms with Gasteiger partial charge in [-0.2, -0.15) is 5.26 Å². The number of methoxy groups -OCH3 is 2. The summed E-state index contributed by atoms with van der Waals surface area (Å²) in [4.78, 5) is 0. The molecular weight excluding hydrogens is 286 g/mol. The molecule has 0 spiro atoms. The number of nitrogens with zero attached hydrogens (tertiary/aromatic N) is 1. The Bertz CT molecular complexity index is 684. The molecular formula is C20H23NO2. The highest BCUT2D eigenvalue weighted by Crippen LogP contribution is 2.30. The predicted octanol–water partition coefficient (Wildman–Crippen LogP) is 4.68. The minimum Gasteiger partial charge on any atom is -0.497 e. The smallest absolute Gasteiger partial charge is 0.122 e. The number of benzene rings is 2. The lowest BCUT2D eigenvalue weighted by Crippen LogP contribution is -2.03. The molecule has 0 heterocycles. The Labute approximate surface area is 138 Å². The second-order valence-corrected chi connectivity index (χ2v) is 5.88. The summed E-state index contributed by atoms with van der Waals surface area (Å²) in [6, 6.07) is 16.3. The van der Waals surface area contributed by atoms with E-state index in [2.05, 4.69) is 32.0 Å². The average Bonchev–Trinajstić information content (AvgIpc) is 2.59. The molecule has 1 atom stereocenters. The van der Waals surface area contributed by atoms with Gasteiger partial charge < -0.3 is 9.47 Å². The maximum Gasteiger partial charge on any atom is 0.122 e. The van der Waals surface area contributed by atoms with E-state index in [1.807, 2.05) is 30.3 Å². The zero-order chi connectivity index (χ0) is 16.8. The summed E-state index contributed by atoms with van der Waals surface area (Å²) in [5.74, 6) is 1.87. The van der Waals surface area contributed by atoms with Gasteiger partial charge in [-0.3, -0.25) is 0 Å². The van der Waals surface area contributed by atoms with Crippen molar-refractivity contribution in [2.45, 2.75) is 32.1 Å². The number of hydrogen-bond donors (Lipinski definition) is 0. The molecule has 0 saturated carbocycles. The SMILES string of the molecule is COc1ccc(C(C#N)Cc2cc(C(C)C)ccc2OC)cc1. The molecule has 2 rings (SSSR count). The summed E-state index contributed by atoms with van der Waals surface area (Å²) in [6.45, 7) is 4.33. The van der Waals surface area contributed by atoms with Crippen LogP contribution in [-0.4, -0.2) is 14.2 Å². The molecule has 2 aromatic carbocycles. The standard InChI is InChI=1S/C20H23NO2/c1-14(2)16-7-10-20(23-4)17(11-16)12-18(13-21)15-5-8-19(22-3)9-6-15/h5-11,14,18H,12H2,1-4H3. The maximum atomic E-state index is 9.59. The second kappa shape index (κ2) is 7.69. The van der Waals surface area contributed by atoms with Gasteiger partial charge in [0.15, 0.2) is 0 Å². The van der Waals surface area contributed by atoms with Crippen LogP contribution in [0.3, 0.4) is 0 Å². The maximum absolute atomic E-state index is 9.59. The van der Waals surface area contributed by atoms with Crippen LogP contribution in [0.5, 0.6) is 11.5 Å². The third kappa shape index (κ3) is 4.04. The molecule has 2 aromatic rings. The molecule has 120 valence electrons. The van der Waals surface area contributed by atoms with E-state index in [1.165, 1.54) is 5.56 Å². The van der Waals surface area contributed by atoms with E-state index in [-0.39, 0.29) is 5.92 Å². The Kier molecular flexibility index (Phi) is 5.65. The largest absolute Gasteiger partial charge is 0.497 e. The fraction of sp³-hybridized carbons (Fsp3) is 0.350. The minimum absolute atomic E-state index is 0.211. The quantitative estimate of drug-likeness (QED) is 0.778. The van der Waals surface area contributed by atoms with Crippen LogP contribution in [-0.2, 0) is 6.42 Å². The number of rotatable bonds is 6. The van der Waals surface area contributed by atoms with Crippen molar-refractivity contribution >= 4 is 0 Å². The molecule has 0 aliphatic rings. The molecule has 0 bridgehead atoms. The minimum atomic E-state index is -0.211. The predicted molar refractivity (Wildman–Crippen MR) is 92.1 cm³/mol. The van der Waals surface area contributed by atoms with Crippen LogP contribution >= 0.6 is 0 Å². The van der Waals surface area contributed by atoms with E-state index in [0.717, 1.165) is 22.6 Å². The summed E-state index contributed by atoms with van der Waals surface area (Å²) in [5, 5.41) is 9.59. The molecule has 0 aliphatic heterocycles. The highest BCUT2D eigenvalue weighted by atomic mass is 16.5. The van der Waals surface area contributed by atoms with Crippen molar-refractivity contribution in [1.82, 2.24) is 0 Å². The zero-order valence-corrected chi connectivity index (χ0v) is 14.2. The van der Waals surface area contributed by atoms with Crippen molar-refractivity contribution in [2.24, 2.45) is 0 Å². The van der Waals surface area contributed by atoms with Gasteiger partial charge in [0, 0.05) is 0 Å². The molecule has 0 radical (unpaired) electrons. The Morgan fingerprint density at radius 1 is 0.957 bits per heavy atom. The Balaban J connectivity index is 2.30. The molecule has 0 amide bonds. The second-order valence-electron chi connectivity index (χ2n) is 5.88. The van der Waals surface area contributed by atoms with Crippen molar-refractivity contribution in [3.63, 3.8) is 0 Å². The van der Waals surface area contributed by atoms with E-state index in [9.17, 15) is 5.26 Å². The lowest BCUT2D eigenvalue weighted by molar-refractivity contribution is 0.408. The van der Waals surface area contributed by atoms with Crippen molar-refractivity contribution in [2.75, 3.05) is 14.2 Å². The van der Waals surface area contributed by atoms with Crippen LogP contribution < -0.4 is 9.47 Å². The number of nitriles is 1. The lowest BCUT2D eigenvalue weighted by atomic mass is 9.90. The van der Waals surface area contributed by atoms with Crippen LogP contribution in [0.1, 0.15) is 42.4 Å². The van der Waals surface area contributed by atoms with Gasteiger partial charge in [-0.05, 0) is 47.2 Å². The summed E-state index contributed by atoms with van der Waals surface area (Å²) in [7, 11) is 3.31. The molecule has 0 N–H and O–H groups in total. The van der Waals surface area contributed by atoms with Crippen molar-refractivity contribution in [3.05, 3.63) is 59.2 Å². The Morgan fingerprint density at radius 3 is 2.13 bits per heavy atom. The first-order valence-corrected chi connectivity index (χ1v) is 7.79. The molecule has 0 aromatic heterocycles. The van der Waals surface area contributed by atoms with Gasteiger partial charge in [-0.15, -0.1) is 0 Å². The van der Waals surface area contributed by atoms with Gasteiger partial charge >= 0.3 is 0 Å². The normalized spacial score (nSPS) is 11.8. The Hall–Kier alpha value is -2.47. The van der Waals surface area contributed by atoms with Crippen LogP contribution in [0.25, 0.3) is 0 Å². The molecule has 1 unspecified atom stereocenters.